The Kier molecular flexibility index (Phi) is 7.79. The number of nitrogens with zero attached hydrogens (tertiary/aromatic N) is 4. The molecule has 3 aromatic rings. The minimum Gasteiger partial charge on any atom is -0.444 e. The summed E-state index contributed by atoms with van der Waals surface area (Å²) in [6.07, 6.45) is 0.000191. The van der Waals surface area contributed by atoms with Crippen LogP contribution < -0.4 is 10.6 Å². The number of halogens is 5. The summed E-state index contributed by atoms with van der Waals surface area (Å²) in [4.78, 5) is 20.6. The van der Waals surface area contributed by atoms with Crippen LogP contribution in [0.2, 0.25) is 0 Å². The fraction of sp³-hybridized carbons (Fsp3) is 0.500. The molecule has 2 N–H and O–H groups in total. The Labute approximate surface area is 209 Å². The first-order chi connectivity index (χ1) is 17.5. The van der Waals surface area contributed by atoms with Crippen LogP contribution in [-0.2, 0) is 0 Å². The molecule has 13 heteroatoms. The highest BCUT2D eigenvalue weighted by molar-refractivity contribution is 6.03. The third-order valence-electron chi connectivity index (χ3n) is 6.49. The molecule has 1 saturated carbocycles. The maximum atomic E-state index is 13.7. The standard InChI is InChI=1S/C24H27F5N6O2/c1-13(2)14-3-5-16(6-4-14)35-10-17(20(34-35)21(25)26)32-22(36)18-11-37-23(33-18)15-7-8-30-19(9-15)31-12-24(27,28)29/h7-11,13-14,16,21H,3-6,12H2,1-2H3,(H,30,31)(H,32,36)/t14-,16+. The van der Waals surface area contributed by atoms with E-state index in [-0.39, 0.29) is 34.7 Å². The van der Waals surface area contributed by atoms with Gasteiger partial charge in [-0.15, -0.1) is 0 Å². The summed E-state index contributed by atoms with van der Waals surface area (Å²) in [5, 5.41) is 8.64. The molecule has 3 heterocycles. The number of hydrogen-bond donors (Lipinski definition) is 2. The van der Waals surface area contributed by atoms with Gasteiger partial charge in [0.25, 0.3) is 12.3 Å². The predicted molar refractivity (Wildman–Crippen MR) is 125 cm³/mol. The quantitative estimate of drug-likeness (QED) is 0.326. The Balaban J connectivity index is 1.46. The van der Waals surface area contributed by atoms with Crippen molar-refractivity contribution in [2.45, 2.75) is 58.2 Å². The maximum Gasteiger partial charge on any atom is 0.405 e. The molecule has 200 valence electrons. The van der Waals surface area contributed by atoms with Crippen molar-refractivity contribution in [3.63, 3.8) is 0 Å². The molecule has 1 aliphatic rings. The monoisotopic (exact) mass is 526 g/mol. The van der Waals surface area contributed by atoms with Gasteiger partial charge in [-0.2, -0.15) is 18.3 Å². The molecule has 0 spiro atoms. The number of carbonyl (C=O) groups excluding carboxylic acids is 1. The van der Waals surface area contributed by atoms with E-state index in [0.29, 0.717) is 11.8 Å². The molecule has 0 unspecified atom stereocenters. The van der Waals surface area contributed by atoms with E-state index in [4.69, 9.17) is 4.42 Å². The Hall–Kier alpha value is -3.51. The largest absolute Gasteiger partial charge is 0.444 e. The normalized spacial score (nSPS) is 18.4. The average Bonchev–Trinajstić information content (AvgIpc) is 3.51. The van der Waals surface area contributed by atoms with Crippen LogP contribution >= 0.6 is 0 Å². The summed E-state index contributed by atoms with van der Waals surface area (Å²) < 4.78 is 71.5. The first-order valence-electron chi connectivity index (χ1n) is 11.9. The van der Waals surface area contributed by atoms with Gasteiger partial charge in [0.05, 0.1) is 11.7 Å². The van der Waals surface area contributed by atoms with Crippen LogP contribution in [0.25, 0.3) is 11.5 Å². The molecular weight excluding hydrogens is 499 g/mol. The highest BCUT2D eigenvalue weighted by Crippen LogP contribution is 2.37. The number of pyridine rings is 1. The van der Waals surface area contributed by atoms with E-state index in [9.17, 15) is 26.7 Å². The van der Waals surface area contributed by atoms with Crippen LogP contribution in [0.3, 0.4) is 0 Å². The van der Waals surface area contributed by atoms with Crippen molar-refractivity contribution in [3.05, 3.63) is 42.2 Å². The lowest BCUT2D eigenvalue weighted by Gasteiger charge is -2.30. The Morgan fingerprint density at radius 1 is 1.22 bits per heavy atom. The van der Waals surface area contributed by atoms with E-state index in [1.54, 1.807) is 0 Å². The van der Waals surface area contributed by atoms with Gasteiger partial charge in [-0.3, -0.25) is 9.48 Å². The lowest BCUT2D eigenvalue weighted by atomic mass is 9.80. The summed E-state index contributed by atoms with van der Waals surface area (Å²) in [6.45, 7) is 3.08. The number of hydrogen-bond acceptors (Lipinski definition) is 6. The van der Waals surface area contributed by atoms with E-state index in [0.717, 1.165) is 31.9 Å². The lowest BCUT2D eigenvalue weighted by Crippen LogP contribution is -2.21. The van der Waals surface area contributed by atoms with Crippen LogP contribution in [-0.4, -0.2) is 38.4 Å². The summed E-state index contributed by atoms with van der Waals surface area (Å²) in [5.74, 6) is 0.264. The number of oxazole rings is 1. The zero-order valence-electron chi connectivity index (χ0n) is 20.2. The molecular formula is C24H27F5N6O2. The molecule has 4 rings (SSSR count). The van der Waals surface area contributed by atoms with E-state index in [1.165, 1.54) is 29.2 Å². The first kappa shape index (κ1) is 26.6. The van der Waals surface area contributed by atoms with Crippen molar-refractivity contribution in [3.8, 4) is 11.5 Å². The summed E-state index contributed by atoms with van der Waals surface area (Å²) in [7, 11) is 0. The topological polar surface area (TPSA) is 97.9 Å². The third-order valence-corrected chi connectivity index (χ3v) is 6.49. The van der Waals surface area contributed by atoms with Crippen molar-refractivity contribution in [2.75, 3.05) is 17.2 Å². The molecule has 0 aromatic carbocycles. The average molecular weight is 527 g/mol. The molecule has 0 aliphatic heterocycles. The second-order valence-corrected chi connectivity index (χ2v) is 9.41. The van der Waals surface area contributed by atoms with E-state index >= 15 is 0 Å². The van der Waals surface area contributed by atoms with Crippen LogP contribution in [0.15, 0.2) is 35.2 Å². The van der Waals surface area contributed by atoms with Crippen molar-refractivity contribution < 1.29 is 31.2 Å². The zero-order valence-corrected chi connectivity index (χ0v) is 20.2. The summed E-state index contributed by atoms with van der Waals surface area (Å²) in [6, 6.07) is 2.70. The molecule has 8 nitrogen and oxygen atoms in total. The number of nitrogens with one attached hydrogen (secondary N) is 2. The maximum absolute atomic E-state index is 13.7. The molecule has 37 heavy (non-hydrogen) atoms. The van der Waals surface area contributed by atoms with Gasteiger partial charge in [0, 0.05) is 18.0 Å². The van der Waals surface area contributed by atoms with E-state index in [2.05, 4.69) is 39.5 Å². The SMILES string of the molecule is CC(C)[C@H]1CC[C@@H](n2cc(NC(=O)c3coc(-c4ccnc(NCC(F)(F)F)c4)n3)c(C(F)F)n2)CC1. The third kappa shape index (κ3) is 6.63. The van der Waals surface area contributed by atoms with Gasteiger partial charge in [-0.25, -0.2) is 18.7 Å². The van der Waals surface area contributed by atoms with Crippen LogP contribution in [0.4, 0.5) is 33.5 Å². The van der Waals surface area contributed by atoms with Crippen LogP contribution in [0.5, 0.6) is 0 Å². The number of amides is 1. The lowest BCUT2D eigenvalue weighted by molar-refractivity contribution is -0.115. The second-order valence-electron chi connectivity index (χ2n) is 9.41. The highest BCUT2D eigenvalue weighted by atomic mass is 19.4. The van der Waals surface area contributed by atoms with E-state index in [1.807, 2.05) is 0 Å². The summed E-state index contributed by atoms with van der Waals surface area (Å²) in [5.41, 5.74) is -0.561. The van der Waals surface area contributed by atoms with E-state index < -0.39 is 30.7 Å². The van der Waals surface area contributed by atoms with Gasteiger partial charge >= 0.3 is 6.18 Å². The van der Waals surface area contributed by atoms with Crippen molar-refractivity contribution in [1.29, 1.82) is 0 Å². The van der Waals surface area contributed by atoms with Crippen molar-refractivity contribution in [1.82, 2.24) is 19.7 Å². The van der Waals surface area contributed by atoms with Crippen molar-refractivity contribution in [2.24, 2.45) is 11.8 Å². The molecule has 1 amide bonds. The minimum atomic E-state index is -4.43. The number of rotatable bonds is 8. The number of alkyl halides is 5. The van der Waals surface area contributed by atoms with Gasteiger partial charge in [0.2, 0.25) is 5.89 Å². The summed E-state index contributed by atoms with van der Waals surface area (Å²) >= 11 is 0. The molecule has 0 radical (unpaired) electrons. The zero-order chi connectivity index (χ0) is 26.7. The molecule has 0 bridgehead atoms. The van der Waals surface area contributed by atoms with Gasteiger partial charge in [-0.1, -0.05) is 13.8 Å². The predicted octanol–water partition coefficient (Wildman–Crippen LogP) is 6.48. The first-order valence-corrected chi connectivity index (χ1v) is 11.9. The fourth-order valence-electron chi connectivity index (χ4n) is 4.43. The van der Waals surface area contributed by atoms with Crippen molar-refractivity contribution >= 4 is 17.4 Å². The Morgan fingerprint density at radius 3 is 2.59 bits per heavy atom. The highest BCUT2D eigenvalue weighted by Gasteiger charge is 2.29. The molecule has 1 aliphatic carbocycles. The smallest absolute Gasteiger partial charge is 0.405 e. The minimum absolute atomic E-state index is 0.0244. The molecule has 0 saturated heterocycles. The van der Waals surface area contributed by atoms with Gasteiger partial charge in [0.1, 0.15) is 18.6 Å². The molecule has 0 atom stereocenters. The van der Waals surface area contributed by atoms with Gasteiger partial charge in [0.15, 0.2) is 11.4 Å². The van der Waals surface area contributed by atoms with Crippen LogP contribution in [0.1, 0.15) is 68.2 Å². The van der Waals surface area contributed by atoms with Gasteiger partial charge in [-0.05, 0) is 49.7 Å². The Morgan fingerprint density at radius 2 is 1.95 bits per heavy atom. The number of aromatic nitrogens is 4. The van der Waals surface area contributed by atoms with Crippen LogP contribution in [0, 0.1) is 11.8 Å². The van der Waals surface area contributed by atoms with Gasteiger partial charge < -0.3 is 15.1 Å². The second kappa shape index (κ2) is 10.9. The number of anilines is 2. The number of carbonyl (C=O) groups is 1. The molecule has 1 fully saturated rings. The Bertz CT molecular complexity index is 1210. The fourth-order valence-corrected chi connectivity index (χ4v) is 4.43. The molecule has 3 aromatic heterocycles.